The van der Waals surface area contributed by atoms with Crippen LogP contribution in [-0.2, 0) is 4.79 Å². The van der Waals surface area contributed by atoms with E-state index in [1.165, 1.54) is 5.56 Å². The van der Waals surface area contributed by atoms with Crippen LogP contribution in [0.15, 0.2) is 54.6 Å². The number of rotatable bonds is 5. The predicted molar refractivity (Wildman–Crippen MR) is 89.8 cm³/mol. The van der Waals surface area contributed by atoms with Crippen molar-refractivity contribution < 1.29 is 9.53 Å². The van der Waals surface area contributed by atoms with Gasteiger partial charge in [-0.1, -0.05) is 42.0 Å². The number of nitrogens with one attached hydrogen (secondary N) is 1. The maximum Gasteiger partial charge on any atom is 0.244 e. The molecule has 0 aliphatic heterocycles. The fourth-order valence-electron chi connectivity index (χ4n) is 2.09. The highest BCUT2D eigenvalue weighted by Gasteiger charge is 2.06. The number of carbonyl (C=O) groups is 1. The first kappa shape index (κ1) is 15.8. The minimum absolute atomic E-state index is 0.0198. The molecule has 0 aromatic heterocycles. The van der Waals surface area contributed by atoms with Gasteiger partial charge in [0.1, 0.15) is 5.75 Å². The molecule has 0 saturated carbocycles. The van der Waals surface area contributed by atoms with Crippen LogP contribution in [0.4, 0.5) is 0 Å². The lowest BCUT2D eigenvalue weighted by Gasteiger charge is -2.13. The Morgan fingerprint density at radius 1 is 1.09 bits per heavy atom. The molecule has 0 saturated heterocycles. The van der Waals surface area contributed by atoms with Crippen LogP contribution in [0.5, 0.6) is 5.75 Å². The van der Waals surface area contributed by atoms with Crippen LogP contribution >= 0.6 is 0 Å². The molecule has 2 aromatic rings. The molecular weight excluding hydrogens is 274 g/mol. The first-order chi connectivity index (χ1) is 10.6. The van der Waals surface area contributed by atoms with Crippen molar-refractivity contribution in [3.8, 4) is 5.75 Å². The summed E-state index contributed by atoms with van der Waals surface area (Å²) < 4.78 is 5.10. The van der Waals surface area contributed by atoms with Crippen molar-refractivity contribution in [2.75, 3.05) is 7.11 Å². The van der Waals surface area contributed by atoms with Gasteiger partial charge >= 0.3 is 0 Å². The third-order valence-electron chi connectivity index (χ3n) is 3.48. The monoisotopic (exact) mass is 295 g/mol. The number of hydrogen-bond acceptors (Lipinski definition) is 2. The number of benzene rings is 2. The third-order valence-corrected chi connectivity index (χ3v) is 3.48. The normalized spacial score (nSPS) is 12.1. The number of amides is 1. The quantitative estimate of drug-likeness (QED) is 0.850. The largest absolute Gasteiger partial charge is 0.497 e. The van der Waals surface area contributed by atoms with Crippen molar-refractivity contribution in [3.05, 3.63) is 71.3 Å². The smallest absolute Gasteiger partial charge is 0.244 e. The molecule has 2 rings (SSSR count). The molecule has 0 bridgehead atoms. The van der Waals surface area contributed by atoms with Gasteiger partial charge in [-0.15, -0.1) is 0 Å². The number of methoxy groups -OCH3 is 1. The van der Waals surface area contributed by atoms with Gasteiger partial charge in [-0.3, -0.25) is 4.79 Å². The summed E-state index contributed by atoms with van der Waals surface area (Å²) in [6.07, 6.45) is 3.34. The number of carbonyl (C=O) groups excluding carboxylic acids is 1. The molecule has 0 heterocycles. The minimum atomic E-state index is -0.108. The molecule has 0 spiro atoms. The van der Waals surface area contributed by atoms with Crippen molar-refractivity contribution in [2.45, 2.75) is 19.9 Å². The summed E-state index contributed by atoms with van der Waals surface area (Å²) in [5.41, 5.74) is 3.26. The van der Waals surface area contributed by atoms with Crippen molar-refractivity contribution in [3.63, 3.8) is 0 Å². The zero-order valence-corrected chi connectivity index (χ0v) is 13.2. The van der Waals surface area contributed by atoms with Crippen molar-refractivity contribution in [1.29, 1.82) is 0 Å². The van der Waals surface area contributed by atoms with E-state index in [2.05, 4.69) is 5.32 Å². The Hall–Kier alpha value is -2.55. The third kappa shape index (κ3) is 4.48. The maximum atomic E-state index is 12.0. The van der Waals surface area contributed by atoms with E-state index < -0.39 is 0 Å². The first-order valence-electron chi connectivity index (χ1n) is 7.27. The fourth-order valence-corrected chi connectivity index (χ4v) is 2.09. The molecule has 3 nitrogen and oxygen atoms in total. The van der Waals surface area contributed by atoms with Crippen molar-refractivity contribution >= 4 is 12.0 Å². The van der Waals surface area contributed by atoms with Gasteiger partial charge in [0.15, 0.2) is 0 Å². The van der Waals surface area contributed by atoms with Gasteiger partial charge in [0.25, 0.3) is 0 Å². The minimum Gasteiger partial charge on any atom is -0.497 e. The van der Waals surface area contributed by atoms with Gasteiger partial charge in [-0.25, -0.2) is 0 Å². The Morgan fingerprint density at radius 3 is 2.32 bits per heavy atom. The van der Waals surface area contributed by atoms with Gasteiger partial charge in [0.2, 0.25) is 5.91 Å². The summed E-state index contributed by atoms with van der Waals surface area (Å²) in [4.78, 5) is 12.0. The first-order valence-corrected chi connectivity index (χ1v) is 7.27. The van der Waals surface area contributed by atoms with Crippen molar-refractivity contribution in [2.24, 2.45) is 0 Å². The number of aryl methyl sites for hydroxylation is 1. The zero-order valence-electron chi connectivity index (χ0n) is 13.2. The Bertz CT molecular complexity index is 642. The van der Waals surface area contributed by atoms with E-state index >= 15 is 0 Å². The number of hydrogen-bond donors (Lipinski definition) is 1. The van der Waals surface area contributed by atoms with Crippen LogP contribution in [0.3, 0.4) is 0 Å². The Kier molecular flexibility index (Phi) is 5.37. The molecule has 114 valence electrons. The second-order valence-electron chi connectivity index (χ2n) is 5.25. The van der Waals surface area contributed by atoms with Crippen LogP contribution in [-0.4, -0.2) is 13.0 Å². The lowest BCUT2D eigenvalue weighted by atomic mass is 10.1. The predicted octanol–water partition coefficient (Wildman–Crippen LogP) is 3.89. The Balaban J connectivity index is 1.93. The molecule has 1 atom stereocenters. The van der Waals surface area contributed by atoms with Crippen molar-refractivity contribution in [1.82, 2.24) is 5.32 Å². The second kappa shape index (κ2) is 7.46. The lowest BCUT2D eigenvalue weighted by Crippen LogP contribution is -2.24. The highest BCUT2D eigenvalue weighted by molar-refractivity contribution is 5.91. The molecule has 0 radical (unpaired) electrons. The molecule has 0 aliphatic carbocycles. The van der Waals surface area contributed by atoms with E-state index in [1.54, 1.807) is 19.3 Å². The van der Waals surface area contributed by atoms with Gasteiger partial charge in [0, 0.05) is 6.08 Å². The SMILES string of the molecule is COc1ccc(/C=C/C(=O)N[C@@H](C)c2ccc(C)cc2)cc1. The average Bonchev–Trinajstić information content (AvgIpc) is 2.54. The molecule has 0 unspecified atom stereocenters. The van der Waals surface area contributed by atoms with Gasteiger partial charge < -0.3 is 10.1 Å². The summed E-state index contributed by atoms with van der Waals surface area (Å²) in [6.45, 7) is 4.02. The lowest BCUT2D eigenvalue weighted by molar-refractivity contribution is -0.117. The van der Waals surface area contributed by atoms with E-state index in [-0.39, 0.29) is 11.9 Å². The van der Waals surface area contributed by atoms with Crippen LogP contribution in [0.1, 0.15) is 29.7 Å². The highest BCUT2D eigenvalue weighted by Crippen LogP contribution is 2.14. The molecule has 1 N–H and O–H groups in total. The molecule has 0 fully saturated rings. The fraction of sp³-hybridized carbons (Fsp3) is 0.211. The van der Waals surface area contributed by atoms with Crippen LogP contribution in [0, 0.1) is 6.92 Å². The molecule has 3 heteroatoms. The topological polar surface area (TPSA) is 38.3 Å². The van der Waals surface area contributed by atoms with Gasteiger partial charge in [-0.2, -0.15) is 0 Å². The Morgan fingerprint density at radius 2 is 1.73 bits per heavy atom. The maximum absolute atomic E-state index is 12.0. The van der Waals surface area contributed by atoms with E-state index in [1.807, 2.05) is 62.4 Å². The molecule has 1 amide bonds. The van der Waals surface area contributed by atoms with Gasteiger partial charge in [-0.05, 0) is 43.2 Å². The van der Waals surface area contributed by atoms with E-state index in [0.29, 0.717) is 0 Å². The van der Waals surface area contributed by atoms with E-state index in [9.17, 15) is 4.79 Å². The summed E-state index contributed by atoms with van der Waals surface area (Å²) in [7, 11) is 1.63. The molecule has 22 heavy (non-hydrogen) atoms. The molecule has 0 aliphatic rings. The molecule has 2 aromatic carbocycles. The van der Waals surface area contributed by atoms with Crippen LogP contribution in [0.2, 0.25) is 0 Å². The van der Waals surface area contributed by atoms with Gasteiger partial charge in [0.05, 0.1) is 13.2 Å². The summed E-state index contributed by atoms with van der Waals surface area (Å²) in [5.74, 6) is 0.693. The van der Waals surface area contributed by atoms with Crippen LogP contribution in [0.25, 0.3) is 6.08 Å². The average molecular weight is 295 g/mol. The van der Waals surface area contributed by atoms with Crippen LogP contribution < -0.4 is 10.1 Å². The standard InChI is InChI=1S/C19H21NO2/c1-14-4-9-17(10-5-14)15(2)20-19(21)13-8-16-6-11-18(22-3)12-7-16/h4-13,15H,1-3H3,(H,20,21)/b13-8+/t15-/m0/s1. The summed E-state index contributed by atoms with van der Waals surface area (Å²) in [5, 5.41) is 2.96. The van der Waals surface area contributed by atoms with E-state index in [0.717, 1.165) is 16.9 Å². The zero-order chi connectivity index (χ0) is 15.9. The summed E-state index contributed by atoms with van der Waals surface area (Å²) in [6, 6.07) is 15.7. The van der Waals surface area contributed by atoms with E-state index in [4.69, 9.17) is 4.74 Å². The summed E-state index contributed by atoms with van der Waals surface area (Å²) >= 11 is 0. The highest BCUT2D eigenvalue weighted by atomic mass is 16.5. The molecular formula is C19H21NO2. The Labute approximate surface area is 131 Å². The number of ether oxygens (including phenoxy) is 1. The second-order valence-corrected chi connectivity index (χ2v) is 5.25.